The maximum absolute atomic E-state index is 11.8. The third-order valence-corrected chi connectivity index (χ3v) is 7.84. The summed E-state index contributed by atoms with van der Waals surface area (Å²) in [5.74, 6) is 0.417. The molecule has 1 saturated heterocycles. The third-order valence-electron chi connectivity index (χ3n) is 6.93. The minimum Gasteiger partial charge on any atom is -0.494 e. The number of thiocarbonyl (C=S) groups is 1. The van der Waals surface area contributed by atoms with Gasteiger partial charge >= 0.3 is 0 Å². The van der Waals surface area contributed by atoms with Crippen LogP contribution in [0, 0.1) is 0 Å². The Kier molecular flexibility index (Phi) is 6.90. The molecule has 2 N–H and O–H groups in total. The van der Waals surface area contributed by atoms with Gasteiger partial charge in [-0.3, -0.25) is 9.71 Å². The molecule has 36 heavy (non-hydrogen) atoms. The zero-order valence-electron chi connectivity index (χ0n) is 20.4. The molecular formula is C26H31N5O3S2. The summed E-state index contributed by atoms with van der Waals surface area (Å²) in [6.45, 7) is 0. The van der Waals surface area contributed by atoms with Crippen LogP contribution in [0.1, 0.15) is 61.5 Å². The molecule has 3 heterocycles. The van der Waals surface area contributed by atoms with Crippen LogP contribution in [0.3, 0.4) is 0 Å². The average Bonchev–Trinajstić information content (AvgIpc) is 3.49. The summed E-state index contributed by atoms with van der Waals surface area (Å²) in [5.41, 5.74) is 3.22. The smallest absolute Gasteiger partial charge is 0.229 e. The van der Waals surface area contributed by atoms with E-state index < -0.39 is 10.0 Å². The average molecular weight is 526 g/mol. The maximum atomic E-state index is 11.8. The van der Waals surface area contributed by atoms with Gasteiger partial charge in [0.2, 0.25) is 10.0 Å². The van der Waals surface area contributed by atoms with Gasteiger partial charge in [-0.05, 0) is 61.0 Å². The molecule has 2 aliphatic rings. The van der Waals surface area contributed by atoms with Gasteiger partial charge < -0.3 is 19.5 Å². The first-order chi connectivity index (χ1) is 17.3. The zero-order chi connectivity index (χ0) is 25.3. The molecule has 1 aromatic carbocycles. The first-order valence-electron chi connectivity index (χ1n) is 12.2. The van der Waals surface area contributed by atoms with E-state index in [-0.39, 0.29) is 12.1 Å². The number of ether oxygens (including phenoxy) is 1. The van der Waals surface area contributed by atoms with E-state index in [2.05, 4.69) is 42.9 Å². The van der Waals surface area contributed by atoms with Crippen molar-refractivity contribution in [2.75, 3.05) is 23.0 Å². The van der Waals surface area contributed by atoms with Crippen LogP contribution in [0.2, 0.25) is 0 Å². The van der Waals surface area contributed by atoms with Crippen LogP contribution in [0.5, 0.6) is 5.75 Å². The van der Waals surface area contributed by atoms with Crippen LogP contribution in [0.15, 0.2) is 61.1 Å². The number of pyridine rings is 1. The number of aromatic nitrogens is 2. The highest BCUT2D eigenvalue weighted by Gasteiger charge is 2.41. The number of hydrogen-bond donors (Lipinski definition) is 2. The number of nitrogens with one attached hydrogen (secondary N) is 2. The van der Waals surface area contributed by atoms with Crippen LogP contribution in [-0.4, -0.2) is 36.4 Å². The highest BCUT2D eigenvalue weighted by Crippen LogP contribution is 2.44. The van der Waals surface area contributed by atoms with E-state index in [4.69, 9.17) is 17.0 Å². The van der Waals surface area contributed by atoms with Crippen molar-refractivity contribution in [3.05, 3.63) is 72.3 Å². The van der Waals surface area contributed by atoms with E-state index in [1.165, 1.54) is 39.2 Å². The minimum absolute atomic E-state index is 0.143. The second kappa shape index (κ2) is 10.1. The van der Waals surface area contributed by atoms with Crippen molar-refractivity contribution in [3.8, 4) is 5.75 Å². The van der Waals surface area contributed by atoms with Gasteiger partial charge in [0.05, 0.1) is 36.8 Å². The summed E-state index contributed by atoms with van der Waals surface area (Å²) in [6.07, 6.45) is 13.6. The molecule has 10 heteroatoms. The second-order valence-corrected chi connectivity index (χ2v) is 11.6. The number of sulfonamides is 1. The van der Waals surface area contributed by atoms with Gasteiger partial charge in [-0.2, -0.15) is 0 Å². The van der Waals surface area contributed by atoms with Gasteiger partial charge in [0, 0.05) is 36.4 Å². The van der Waals surface area contributed by atoms with E-state index in [1.807, 2.05) is 30.3 Å². The molecule has 0 spiro atoms. The van der Waals surface area contributed by atoms with Crippen molar-refractivity contribution in [1.82, 2.24) is 14.9 Å². The maximum Gasteiger partial charge on any atom is 0.229 e. The molecule has 190 valence electrons. The largest absolute Gasteiger partial charge is 0.494 e. The predicted octanol–water partition coefficient (Wildman–Crippen LogP) is 4.95. The molecule has 5 rings (SSSR count). The van der Waals surface area contributed by atoms with Gasteiger partial charge in [-0.15, -0.1) is 0 Å². The number of methoxy groups -OCH3 is 1. The molecular weight excluding hydrogens is 494 g/mol. The van der Waals surface area contributed by atoms with E-state index in [9.17, 15) is 8.42 Å². The lowest BCUT2D eigenvalue weighted by molar-refractivity contribution is 0.353. The van der Waals surface area contributed by atoms with E-state index in [1.54, 1.807) is 12.3 Å². The first-order valence-corrected chi connectivity index (χ1v) is 14.5. The van der Waals surface area contributed by atoms with Crippen LogP contribution in [0.4, 0.5) is 11.4 Å². The summed E-state index contributed by atoms with van der Waals surface area (Å²) >= 11 is 5.84. The van der Waals surface area contributed by atoms with Crippen molar-refractivity contribution in [2.24, 2.45) is 0 Å². The fourth-order valence-electron chi connectivity index (χ4n) is 5.30. The zero-order valence-corrected chi connectivity index (χ0v) is 22.1. The lowest BCUT2D eigenvalue weighted by atomic mass is 9.95. The fourth-order valence-corrected chi connectivity index (χ4v) is 6.21. The Morgan fingerprint density at radius 2 is 1.94 bits per heavy atom. The molecule has 0 unspecified atom stereocenters. The Hall–Kier alpha value is -3.11. The summed E-state index contributed by atoms with van der Waals surface area (Å²) < 4.78 is 34.0. The predicted molar refractivity (Wildman–Crippen MR) is 146 cm³/mol. The summed E-state index contributed by atoms with van der Waals surface area (Å²) in [7, 11) is -1.93. The fraction of sp³-hybridized carbons (Fsp3) is 0.385. The molecule has 1 aliphatic carbocycles. The Balaban J connectivity index is 1.55. The highest BCUT2D eigenvalue weighted by molar-refractivity contribution is 7.92. The molecule has 2 fully saturated rings. The topological polar surface area (TPSA) is 88.5 Å². The number of nitrogens with zero attached hydrogens (tertiary/aromatic N) is 3. The normalized spacial score (nSPS) is 20.8. The van der Waals surface area contributed by atoms with E-state index >= 15 is 0 Å². The van der Waals surface area contributed by atoms with Gasteiger partial charge in [0.25, 0.3) is 0 Å². The standard InChI is InChI=1S/C26H31N5O3S2/c1-34-23-16-20(11-12-21(23)29-36(2,32)33)31-25(24(28-26(31)35)22-10-6-7-14-27-22)18-13-15-30(17-18)19-8-4-3-5-9-19/h6-7,10-17,19,24-25,29H,3-5,8-9H2,1-2H3,(H,28,35)/t24-,25-/m1/s1. The molecule has 0 bridgehead atoms. The molecule has 0 amide bonds. The monoisotopic (exact) mass is 525 g/mol. The first kappa shape index (κ1) is 24.6. The van der Waals surface area contributed by atoms with Gasteiger partial charge in [-0.25, -0.2) is 8.42 Å². The molecule has 0 radical (unpaired) electrons. The Labute approximate surface area is 217 Å². The van der Waals surface area contributed by atoms with Crippen molar-refractivity contribution in [1.29, 1.82) is 0 Å². The molecule has 3 aromatic rings. The van der Waals surface area contributed by atoms with Crippen molar-refractivity contribution < 1.29 is 13.2 Å². The summed E-state index contributed by atoms with van der Waals surface area (Å²) in [6, 6.07) is 13.7. The van der Waals surface area contributed by atoms with E-state index in [0.29, 0.717) is 22.6 Å². The second-order valence-electron chi connectivity index (χ2n) is 9.44. The number of rotatable bonds is 7. The molecule has 2 atom stereocenters. The minimum atomic E-state index is -3.45. The number of hydrogen-bond acceptors (Lipinski definition) is 5. The lowest BCUT2D eigenvalue weighted by Crippen LogP contribution is -2.29. The Bertz CT molecular complexity index is 1340. The summed E-state index contributed by atoms with van der Waals surface area (Å²) in [5, 5.41) is 4.06. The lowest BCUT2D eigenvalue weighted by Gasteiger charge is -2.28. The highest BCUT2D eigenvalue weighted by atomic mass is 32.2. The van der Waals surface area contributed by atoms with Crippen LogP contribution in [-0.2, 0) is 10.0 Å². The number of anilines is 2. The Morgan fingerprint density at radius 1 is 1.14 bits per heavy atom. The Morgan fingerprint density at radius 3 is 2.64 bits per heavy atom. The van der Waals surface area contributed by atoms with Crippen molar-refractivity contribution >= 4 is 38.7 Å². The van der Waals surface area contributed by atoms with E-state index in [0.717, 1.165) is 23.2 Å². The van der Waals surface area contributed by atoms with Gasteiger partial charge in [-0.1, -0.05) is 25.3 Å². The van der Waals surface area contributed by atoms with Crippen LogP contribution in [0.25, 0.3) is 0 Å². The van der Waals surface area contributed by atoms with Gasteiger partial charge in [0.15, 0.2) is 5.11 Å². The molecule has 2 aromatic heterocycles. The van der Waals surface area contributed by atoms with Crippen molar-refractivity contribution in [3.63, 3.8) is 0 Å². The molecule has 1 aliphatic heterocycles. The molecule has 1 saturated carbocycles. The van der Waals surface area contributed by atoms with Crippen LogP contribution >= 0.6 is 12.2 Å². The van der Waals surface area contributed by atoms with Gasteiger partial charge in [0.1, 0.15) is 5.75 Å². The molecule has 8 nitrogen and oxygen atoms in total. The SMILES string of the molecule is COc1cc(N2C(=S)N[C@H](c3ccccn3)[C@H]2c2ccn(C3CCCCC3)c2)ccc1NS(C)(=O)=O. The van der Waals surface area contributed by atoms with Crippen molar-refractivity contribution in [2.45, 2.75) is 50.2 Å². The quantitative estimate of drug-likeness (QED) is 0.422. The third kappa shape index (κ3) is 5.05. The summed E-state index contributed by atoms with van der Waals surface area (Å²) in [4.78, 5) is 6.70. The number of benzene rings is 1. The van der Waals surface area contributed by atoms with Crippen LogP contribution < -0.4 is 19.7 Å².